The van der Waals surface area contributed by atoms with E-state index in [0.717, 1.165) is 11.8 Å². The van der Waals surface area contributed by atoms with Crippen LogP contribution in [0, 0.1) is 0 Å². The van der Waals surface area contributed by atoms with Gasteiger partial charge < -0.3 is 4.42 Å². The van der Waals surface area contributed by atoms with E-state index in [-0.39, 0.29) is 34.9 Å². The predicted octanol–water partition coefficient (Wildman–Crippen LogP) is 0.590. The summed E-state index contributed by atoms with van der Waals surface area (Å²) in [5, 5.41) is -0.325. The minimum Gasteiger partial charge on any atom is -0.408 e. The topological polar surface area (TPSA) is 110 Å². The molecule has 2 fully saturated rings. The highest BCUT2D eigenvalue weighted by atomic mass is 32.2. The highest BCUT2D eigenvalue weighted by molar-refractivity contribution is 8.14. The maximum atomic E-state index is 12.9. The lowest BCUT2D eigenvalue weighted by molar-refractivity contribution is -0.126. The number of imide groups is 1. The summed E-state index contributed by atoms with van der Waals surface area (Å²) in [6, 6.07) is 3.78. The number of carbonyl (C=O) groups is 2. The number of aromatic nitrogens is 1. The highest BCUT2D eigenvalue weighted by Crippen LogP contribution is 2.29. The third-order valence-electron chi connectivity index (χ3n) is 4.68. The standard InChI is InChI=1S/C15H15N3O6S2/c1-16-11-6-10(2-3-12(11)24-14(16)20)26(22,23)17-5-4-9(7-17)18-13(19)8-25-15(18)21/h2-3,6,9H,4-5,7-8H2,1H3/t9-/m1/s1. The molecule has 2 amide bonds. The predicted molar refractivity (Wildman–Crippen MR) is 93.3 cm³/mol. The number of fused-ring (bicyclic) bond motifs is 1. The van der Waals surface area contributed by atoms with Gasteiger partial charge in [0.05, 0.1) is 22.2 Å². The van der Waals surface area contributed by atoms with Gasteiger partial charge in [-0.05, 0) is 24.6 Å². The van der Waals surface area contributed by atoms with E-state index in [1.807, 2.05) is 0 Å². The van der Waals surface area contributed by atoms with Crippen LogP contribution in [-0.2, 0) is 21.9 Å². The third kappa shape index (κ3) is 2.58. The number of rotatable bonds is 3. The van der Waals surface area contributed by atoms with Gasteiger partial charge in [0, 0.05) is 20.1 Å². The lowest BCUT2D eigenvalue weighted by Crippen LogP contribution is -2.41. The Morgan fingerprint density at radius 2 is 2.00 bits per heavy atom. The number of aryl methyl sites for hydroxylation is 1. The smallest absolute Gasteiger partial charge is 0.408 e. The van der Waals surface area contributed by atoms with E-state index in [2.05, 4.69) is 0 Å². The van der Waals surface area contributed by atoms with Crippen molar-refractivity contribution in [1.82, 2.24) is 13.8 Å². The molecule has 0 N–H and O–H groups in total. The van der Waals surface area contributed by atoms with Crippen LogP contribution in [0.15, 0.2) is 32.3 Å². The van der Waals surface area contributed by atoms with Crippen molar-refractivity contribution in [3.05, 3.63) is 28.7 Å². The van der Waals surface area contributed by atoms with Crippen LogP contribution in [0.2, 0.25) is 0 Å². The maximum absolute atomic E-state index is 12.9. The van der Waals surface area contributed by atoms with Gasteiger partial charge >= 0.3 is 5.76 Å². The molecule has 11 heteroatoms. The van der Waals surface area contributed by atoms with Crippen LogP contribution in [0.3, 0.4) is 0 Å². The van der Waals surface area contributed by atoms with Crippen molar-refractivity contribution in [2.45, 2.75) is 17.4 Å². The van der Waals surface area contributed by atoms with Gasteiger partial charge in [0.25, 0.3) is 5.24 Å². The molecule has 2 saturated heterocycles. The molecule has 138 valence electrons. The summed E-state index contributed by atoms with van der Waals surface area (Å²) < 4.78 is 33.4. The Balaban J connectivity index is 1.63. The molecule has 0 bridgehead atoms. The van der Waals surface area contributed by atoms with Crippen molar-refractivity contribution in [3.8, 4) is 0 Å². The molecular weight excluding hydrogens is 382 g/mol. The first kappa shape index (κ1) is 17.3. The Morgan fingerprint density at radius 3 is 2.69 bits per heavy atom. The number of sulfonamides is 1. The molecule has 26 heavy (non-hydrogen) atoms. The average molecular weight is 397 g/mol. The molecule has 3 heterocycles. The fourth-order valence-corrected chi connectivity index (χ4v) is 5.56. The minimum atomic E-state index is -3.81. The van der Waals surface area contributed by atoms with Gasteiger partial charge in [0.2, 0.25) is 15.9 Å². The molecule has 0 unspecified atom stereocenters. The fraction of sp³-hybridized carbons (Fsp3) is 0.400. The molecular formula is C15H15N3O6S2. The number of benzene rings is 1. The van der Waals surface area contributed by atoms with Crippen molar-refractivity contribution in [2.24, 2.45) is 7.05 Å². The molecule has 2 aromatic rings. The van der Waals surface area contributed by atoms with Crippen molar-refractivity contribution in [2.75, 3.05) is 18.8 Å². The van der Waals surface area contributed by atoms with Gasteiger partial charge in [0.15, 0.2) is 5.58 Å². The van der Waals surface area contributed by atoms with Crippen LogP contribution in [-0.4, -0.2) is 58.2 Å². The zero-order chi connectivity index (χ0) is 18.6. The first-order valence-electron chi connectivity index (χ1n) is 7.87. The zero-order valence-electron chi connectivity index (χ0n) is 13.7. The van der Waals surface area contributed by atoms with E-state index in [9.17, 15) is 22.8 Å². The summed E-state index contributed by atoms with van der Waals surface area (Å²) in [5.74, 6) is -0.744. The first-order chi connectivity index (χ1) is 12.3. The number of amides is 2. The Kier molecular flexibility index (Phi) is 3.97. The van der Waals surface area contributed by atoms with Crippen LogP contribution < -0.4 is 5.76 Å². The van der Waals surface area contributed by atoms with Gasteiger partial charge in [0.1, 0.15) is 0 Å². The van der Waals surface area contributed by atoms with Gasteiger partial charge in [-0.15, -0.1) is 0 Å². The van der Waals surface area contributed by atoms with Crippen LogP contribution in [0.25, 0.3) is 11.1 Å². The molecule has 2 aliphatic rings. The second kappa shape index (κ2) is 5.96. The molecule has 1 aromatic carbocycles. The third-order valence-corrected chi connectivity index (χ3v) is 7.37. The fourth-order valence-electron chi connectivity index (χ4n) is 3.27. The molecule has 1 aromatic heterocycles. The van der Waals surface area contributed by atoms with Crippen molar-refractivity contribution in [3.63, 3.8) is 0 Å². The van der Waals surface area contributed by atoms with Gasteiger partial charge in [-0.25, -0.2) is 13.2 Å². The molecule has 0 saturated carbocycles. The second-order valence-electron chi connectivity index (χ2n) is 6.18. The largest absolute Gasteiger partial charge is 0.419 e. The number of nitrogens with zero attached hydrogens (tertiary/aromatic N) is 3. The molecule has 1 atom stereocenters. The molecule has 0 radical (unpaired) electrons. The van der Waals surface area contributed by atoms with E-state index in [1.165, 1.54) is 39.0 Å². The quantitative estimate of drug-likeness (QED) is 0.745. The number of carbonyl (C=O) groups excluding carboxylic acids is 2. The van der Waals surface area contributed by atoms with E-state index < -0.39 is 21.8 Å². The highest BCUT2D eigenvalue weighted by Gasteiger charge is 2.42. The SMILES string of the molecule is Cn1c(=O)oc2ccc(S(=O)(=O)N3CC[C@@H](N4C(=O)CSC4=O)C3)cc21. The summed E-state index contributed by atoms with van der Waals surface area (Å²) in [6.07, 6.45) is 0.406. The van der Waals surface area contributed by atoms with E-state index >= 15 is 0 Å². The molecule has 2 aliphatic heterocycles. The lowest BCUT2D eigenvalue weighted by atomic mass is 10.2. The average Bonchev–Trinajstić information content (AvgIpc) is 3.27. The van der Waals surface area contributed by atoms with E-state index in [0.29, 0.717) is 17.5 Å². The Bertz CT molecular complexity index is 1070. The molecule has 4 rings (SSSR count). The van der Waals surface area contributed by atoms with Gasteiger partial charge in [-0.3, -0.25) is 19.1 Å². The Labute approximate surface area is 152 Å². The van der Waals surface area contributed by atoms with Crippen LogP contribution in [0.1, 0.15) is 6.42 Å². The van der Waals surface area contributed by atoms with Crippen molar-refractivity contribution < 1.29 is 22.4 Å². The van der Waals surface area contributed by atoms with E-state index in [1.54, 1.807) is 0 Å². The summed E-state index contributed by atoms with van der Waals surface area (Å²) in [5.41, 5.74) is 0.689. The molecule has 0 aliphatic carbocycles. The summed E-state index contributed by atoms with van der Waals surface area (Å²) in [4.78, 5) is 36.5. The van der Waals surface area contributed by atoms with Crippen LogP contribution in [0.4, 0.5) is 4.79 Å². The van der Waals surface area contributed by atoms with Crippen molar-refractivity contribution in [1.29, 1.82) is 0 Å². The zero-order valence-corrected chi connectivity index (χ0v) is 15.4. The number of thioether (sulfide) groups is 1. The van der Waals surface area contributed by atoms with Gasteiger partial charge in [-0.1, -0.05) is 11.8 Å². The number of hydrogen-bond donors (Lipinski definition) is 0. The first-order valence-corrected chi connectivity index (χ1v) is 10.3. The number of oxazole rings is 1. The number of hydrogen-bond acceptors (Lipinski definition) is 7. The second-order valence-corrected chi connectivity index (χ2v) is 9.04. The van der Waals surface area contributed by atoms with E-state index in [4.69, 9.17) is 4.42 Å². The van der Waals surface area contributed by atoms with Crippen LogP contribution in [0.5, 0.6) is 0 Å². The van der Waals surface area contributed by atoms with Crippen LogP contribution >= 0.6 is 11.8 Å². The Morgan fingerprint density at radius 1 is 1.23 bits per heavy atom. The molecule has 0 spiro atoms. The summed E-state index contributed by atoms with van der Waals surface area (Å²) in [6.45, 7) is 0.291. The van der Waals surface area contributed by atoms with Gasteiger partial charge in [-0.2, -0.15) is 4.31 Å². The minimum absolute atomic E-state index is 0.0375. The van der Waals surface area contributed by atoms with Crippen molar-refractivity contribution >= 4 is 44.0 Å². The molecule has 9 nitrogen and oxygen atoms in total. The monoisotopic (exact) mass is 397 g/mol. The Hall–Kier alpha value is -2.11. The normalized spacial score (nSPS) is 22.0. The summed E-state index contributed by atoms with van der Waals surface area (Å²) in [7, 11) is -2.32. The lowest BCUT2D eigenvalue weighted by Gasteiger charge is -2.21. The maximum Gasteiger partial charge on any atom is 0.419 e. The summed E-state index contributed by atoms with van der Waals surface area (Å²) >= 11 is 0.937.